The molecule has 1 amide bonds. The Bertz CT molecular complexity index is 705. The van der Waals surface area contributed by atoms with Gasteiger partial charge in [0.15, 0.2) is 0 Å². The summed E-state index contributed by atoms with van der Waals surface area (Å²) in [6.45, 7) is 7.41. The lowest BCUT2D eigenvalue weighted by molar-refractivity contribution is 0.0120. The number of aromatic nitrogens is 2. The van der Waals surface area contributed by atoms with Crippen LogP contribution in [0, 0.1) is 6.92 Å². The minimum Gasteiger partial charge on any atom is -0.444 e. The molecule has 0 saturated heterocycles. The van der Waals surface area contributed by atoms with E-state index in [1.165, 1.54) is 0 Å². The number of benzene rings is 1. The van der Waals surface area contributed by atoms with Crippen molar-refractivity contribution in [2.24, 2.45) is 0 Å². The Morgan fingerprint density at radius 1 is 1.38 bits per heavy atom. The molecule has 0 aliphatic heterocycles. The highest BCUT2D eigenvalue weighted by Gasteiger charge is 2.21. The first kappa shape index (κ1) is 18.2. The molecule has 0 saturated carbocycles. The number of amides is 1. The number of alkyl carbamates (subject to hydrolysis) is 1. The van der Waals surface area contributed by atoms with Gasteiger partial charge in [0.05, 0.1) is 17.8 Å². The van der Waals surface area contributed by atoms with Gasteiger partial charge >= 0.3 is 6.09 Å². The predicted molar refractivity (Wildman–Crippen MR) is 90.7 cm³/mol. The zero-order chi connectivity index (χ0) is 17.9. The highest BCUT2D eigenvalue weighted by Crippen LogP contribution is 2.26. The van der Waals surface area contributed by atoms with Gasteiger partial charge in [-0.2, -0.15) is 5.10 Å². The average Bonchev–Trinajstić information content (AvgIpc) is 2.90. The molecule has 4 N–H and O–H groups in total. The summed E-state index contributed by atoms with van der Waals surface area (Å²) in [5, 5.41) is 30.9. The number of hydrogen-bond acceptors (Lipinski definition) is 5. The second kappa shape index (κ2) is 7.19. The number of fused-ring (bicyclic) bond motifs is 1. The maximum atomic E-state index is 11.6. The SMILES string of the molecule is Cc1cc2[nH]ncc2cc1C(O)C(O)CCNC(=O)OC(C)(C)C. The van der Waals surface area contributed by atoms with Gasteiger partial charge in [0.2, 0.25) is 0 Å². The van der Waals surface area contributed by atoms with Crippen LogP contribution in [0.15, 0.2) is 18.3 Å². The smallest absolute Gasteiger partial charge is 0.407 e. The summed E-state index contributed by atoms with van der Waals surface area (Å²) < 4.78 is 5.12. The Morgan fingerprint density at radius 2 is 2.08 bits per heavy atom. The fourth-order valence-corrected chi connectivity index (χ4v) is 2.44. The number of aromatic amines is 1. The van der Waals surface area contributed by atoms with Crippen LogP contribution in [0.25, 0.3) is 10.9 Å². The molecule has 0 aliphatic carbocycles. The van der Waals surface area contributed by atoms with Crippen molar-refractivity contribution in [3.63, 3.8) is 0 Å². The topological polar surface area (TPSA) is 107 Å². The largest absolute Gasteiger partial charge is 0.444 e. The second-order valence-electron chi connectivity index (χ2n) is 6.90. The summed E-state index contributed by atoms with van der Waals surface area (Å²) in [5.41, 5.74) is 1.82. The van der Waals surface area contributed by atoms with Crippen LogP contribution in [0.5, 0.6) is 0 Å². The van der Waals surface area contributed by atoms with Crippen molar-refractivity contribution in [3.8, 4) is 0 Å². The maximum Gasteiger partial charge on any atom is 0.407 e. The number of aliphatic hydroxyl groups is 2. The van der Waals surface area contributed by atoms with Crippen LogP contribution in [0.2, 0.25) is 0 Å². The third-order valence-corrected chi connectivity index (χ3v) is 3.62. The normalized spacial score (nSPS) is 14.4. The molecule has 0 bridgehead atoms. The zero-order valence-corrected chi connectivity index (χ0v) is 14.5. The number of hydrogen-bond donors (Lipinski definition) is 4. The van der Waals surface area contributed by atoms with Gasteiger partial charge in [-0.05, 0) is 57.4 Å². The van der Waals surface area contributed by atoms with Crippen LogP contribution in [-0.2, 0) is 4.74 Å². The standard InChI is InChI=1S/C17H25N3O4/c1-10-7-13-11(9-19-20-13)8-12(10)15(22)14(21)5-6-18-16(23)24-17(2,3)4/h7-9,14-15,21-22H,5-6H2,1-4H3,(H,18,23)(H,19,20). The Kier molecular flexibility index (Phi) is 5.46. The molecule has 7 heteroatoms. The molecule has 2 rings (SSSR count). The molecule has 132 valence electrons. The number of aliphatic hydroxyl groups excluding tert-OH is 2. The van der Waals surface area contributed by atoms with Crippen molar-refractivity contribution in [2.45, 2.75) is 51.9 Å². The van der Waals surface area contributed by atoms with E-state index in [0.29, 0.717) is 5.56 Å². The first-order valence-electron chi connectivity index (χ1n) is 7.94. The number of ether oxygens (including phenoxy) is 1. The van der Waals surface area contributed by atoms with E-state index in [1.807, 2.05) is 19.1 Å². The van der Waals surface area contributed by atoms with Gasteiger partial charge in [-0.25, -0.2) is 4.79 Å². The Labute approximate surface area is 141 Å². The van der Waals surface area contributed by atoms with E-state index in [4.69, 9.17) is 4.74 Å². The summed E-state index contributed by atoms with van der Waals surface area (Å²) in [4.78, 5) is 11.6. The predicted octanol–water partition coefficient (Wildman–Crippen LogP) is 2.18. The summed E-state index contributed by atoms with van der Waals surface area (Å²) >= 11 is 0. The summed E-state index contributed by atoms with van der Waals surface area (Å²) in [6.07, 6.45) is -0.696. The molecule has 1 aromatic heterocycles. The average molecular weight is 335 g/mol. The lowest BCUT2D eigenvalue weighted by atomic mass is 9.96. The van der Waals surface area contributed by atoms with Crippen LogP contribution in [-0.4, -0.2) is 44.8 Å². The van der Waals surface area contributed by atoms with Crippen LogP contribution in [0.4, 0.5) is 4.79 Å². The number of carbonyl (C=O) groups excluding carboxylic acids is 1. The number of rotatable bonds is 5. The van der Waals surface area contributed by atoms with Gasteiger partial charge in [-0.1, -0.05) is 0 Å². The maximum absolute atomic E-state index is 11.6. The number of aryl methyl sites for hydroxylation is 1. The quantitative estimate of drug-likeness (QED) is 0.670. The monoisotopic (exact) mass is 335 g/mol. The van der Waals surface area contributed by atoms with Gasteiger partial charge in [-0.15, -0.1) is 0 Å². The van der Waals surface area contributed by atoms with E-state index < -0.39 is 23.9 Å². The molecule has 7 nitrogen and oxygen atoms in total. The van der Waals surface area contributed by atoms with Crippen LogP contribution < -0.4 is 5.32 Å². The van der Waals surface area contributed by atoms with Crippen LogP contribution in [0.1, 0.15) is 44.4 Å². The molecule has 2 atom stereocenters. The van der Waals surface area contributed by atoms with Crippen molar-refractivity contribution in [1.82, 2.24) is 15.5 Å². The van der Waals surface area contributed by atoms with Gasteiger partial charge in [-0.3, -0.25) is 5.10 Å². The molecule has 0 radical (unpaired) electrons. The minimum atomic E-state index is -1.04. The Hall–Kier alpha value is -2.12. The van der Waals surface area contributed by atoms with Crippen molar-refractivity contribution in [2.75, 3.05) is 6.54 Å². The summed E-state index contributed by atoms with van der Waals surface area (Å²) in [5.74, 6) is 0. The van der Waals surface area contributed by atoms with E-state index in [2.05, 4.69) is 15.5 Å². The fourth-order valence-electron chi connectivity index (χ4n) is 2.44. The van der Waals surface area contributed by atoms with Crippen molar-refractivity contribution >= 4 is 17.0 Å². The van der Waals surface area contributed by atoms with E-state index in [9.17, 15) is 15.0 Å². The van der Waals surface area contributed by atoms with Gasteiger partial charge < -0.3 is 20.3 Å². The Morgan fingerprint density at radius 3 is 2.75 bits per heavy atom. The fraction of sp³-hybridized carbons (Fsp3) is 0.529. The zero-order valence-electron chi connectivity index (χ0n) is 14.5. The number of nitrogens with zero attached hydrogens (tertiary/aromatic N) is 1. The molecule has 2 aromatic rings. The first-order valence-corrected chi connectivity index (χ1v) is 7.94. The second-order valence-corrected chi connectivity index (χ2v) is 6.90. The summed E-state index contributed by atoms with van der Waals surface area (Å²) in [7, 11) is 0. The van der Waals surface area contributed by atoms with Crippen molar-refractivity contribution in [1.29, 1.82) is 0 Å². The van der Waals surface area contributed by atoms with Crippen molar-refractivity contribution in [3.05, 3.63) is 29.5 Å². The Balaban J connectivity index is 1.92. The van der Waals surface area contributed by atoms with E-state index in [-0.39, 0.29) is 13.0 Å². The molecule has 1 aromatic carbocycles. The lowest BCUT2D eigenvalue weighted by Crippen LogP contribution is -2.34. The third kappa shape index (κ3) is 4.69. The molecular formula is C17H25N3O4. The van der Waals surface area contributed by atoms with Gasteiger partial charge in [0.1, 0.15) is 11.7 Å². The van der Waals surface area contributed by atoms with E-state index in [1.54, 1.807) is 27.0 Å². The van der Waals surface area contributed by atoms with Gasteiger partial charge in [0.25, 0.3) is 0 Å². The molecule has 0 fully saturated rings. The highest BCUT2D eigenvalue weighted by molar-refractivity contribution is 5.79. The van der Waals surface area contributed by atoms with Crippen LogP contribution >= 0.6 is 0 Å². The minimum absolute atomic E-state index is 0.208. The van der Waals surface area contributed by atoms with E-state index in [0.717, 1.165) is 16.5 Å². The van der Waals surface area contributed by atoms with Crippen LogP contribution in [0.3, 0.4) is 0 Å². The first-order chi connectivity index (χ1) is 11.2. The molecule has 24 heavy (non-hydrogen) atoms. The van der Waals surface area contributed by atoms with Crippen molar-refractivity contribution < 1.29 is 19.7 Å². The lowest BCUT2D eigenvalue weighted by Gasteiger charge is -2.22. The molecular weight excluding hydrogens is 310 g/mol. The molecule has 1 heterocycles. The number of nitrogens with one attached hydrogen (secondary N) is 2. The highest BCUT2D eigenvalue weighted by atomic mass is 16.6. The van der Waals surface area contributed by atoms with Gasteiger partial charge in [0, 0.05) is 11.9 Å². The van der Waals surface area contributed by atoms with E-state index >= 15 is 0 Å². The number of carbonyl (C=O) groups is 1. The molecule has 2 unspecified atom stereocenters. The number of H-pyrrole nitrogens is 1. The third-order valence-electron chi connectivity index (χ3n) is 3.62. The molecule has 0 spiro atoms. The molecule has 0 aliphatic rings. The summed E-state index contributed by atoms with van der Waals surface area (Å²) in [6, 6.07) is 3.69.